The van der Waals surface area contributed by atoms with Gasteiger partial charge in [-0.2, -0.15) is 0 Å². The molecule has 1 saturated heterocycles. The van der Waals surface area contributed by atoms with E-state index >= 15 is 0 Å². The second-order valence-corrected chi connectivity index (χ2v) is 8.83. The minimum atomic E-state index is 0.000278. The molecule has 35 heavy (non-hydrogen) atoms. The number of hydrogen-bond acceptors (Lipinski definition) is 6. The molecule has 7 heteroatoms. The number of benzene rings is 2. The van der Waals surface area contributed by atoms with Gasteiger partial charge in [0.1, 0.15) is 0 Å². The second-order valence-electron chi connectivity index (χ2n) is 8.83. The number of nitrogens with zero attached hydrogens (tertiary/aromatic N) is 4. The summed E-state index contributed by atoms with van der Waals surface area (Å²) in [6, 6.07) is 13.8. The fourth-order valence-corrected chi connectivity index (χ4v) is 4.38. The summed E-state index contributed by atoms with van der Waals surface area (Å²) in [5, 5.41) is 9.01. The van der Waals surface area contributed by atoms with E-state index in [1.54, 1.807) is 12.1 Å². The summed E-state index contributed by atoms with van der Waals surface area (Å²) in [7, 11) is 0. The minimum Gasteiger partial charge on any atom is -0.490 e. The third-order valence-corrected chi connectivity index (χ3v) is 6.45. The molecule has 4 rings (SSSR count). The number of aryl methyl sites for hydroxylation is 3. The van der Waals surface area contributed by atoms with Gasteiger partial charge in [-0.25, -0.2) is 0 Å². The first-order valence-corrected chi connectivity index (χ1v) is 12.3. The van der Waals surface area contributed by atoms with E-state index < -0.39 is 0 Å². The van der Waals surface area contributed by atoms with E-state index in [2.05, 4.69) is 48.0 Å². The number of piperazine rings is 1. The van der Waals surface area contributed by atoms with Gasteiger partial charge in [-0.15, -0.1) is 10.2 Å². The Balaban J connectivity index is 1.41. The monoisotopic (exact) mass is 474 g/mol. The van der Waals surface area contributed by atoms with Gasteiger partial charge < -0.3 is 19.3 Å². The summed E-state index contributed by atoms with van der Waals surface area (Å²) in [4.78, 5) is 17.2. The van der Waals surface area contributed by atoms with Crippen molar-refractivity contribution in [3.05, 3.63) is 64.7 Å². The van der Waals surface area contributed by atoms with Crippen LogP contribution in [0.25, 0.3) is 11.3 Å². The van der Waals surface area contributed by atoms with Gasteiger partial charge in [0.2, 0.25) is 0 Å². The van der Waals surface area contributed by atoms with Crippen molar-refractivity contribution < 1.29 is 14.3 Å². The van der Waals surface area contributed by atoms with E-state index in [-0.39, 0.29) is 5.91 Å². The smallest absolute Gasteiger partial charge is 0.254 e. The van der Waals surface area contributed by atoms with Crippen LogP contribution in [0.3, 0.4) is 0 Å². The van der Waals surface area contributed by atoms with Gasteiger partial charge >= 0.3 is 0 Å². The summed E-state index contributed by atoms with van der Waals surface area (Å²) in [6.07, 6.45) is 0. The van der Waals surface area contributed by atoms with Crippen LogP contribution in [0.4, 0.5) is 5.82 Å². The molecule has 1 aromatic heterocycles. The Morgan fingerprint density at radius 3 is 2.14 bits per heavy atom. The lowest BCUT2D eigenvalue weighted by molar-refractivity contribution is 0.0746. The van der Waals surface area contributed by atoms with Crippen LogP contribution in [0.2, 0.25) is 0 Å². The summed E-state index contributed by atoms with van der Waals surface area (Å²) >= 11 is 0. The molecule has 1 aliphatic rings. The first kappa shape index (κ1) is 24.5. The van der Waals surface area contributed by atoms with Crippen molar-refractivity contribution in [2.24, 2.45) is 0 Å². The van der Waals surface area contributed by atoms with Crippen LogP contribution >= 0.6 is 0 Å². The molecule has 0 atom stereocenters. The van der Waals surface area contributed by atoms with Crippen LogP contribution in [0.15, 0.2) is 42.5 Å². The number of anilines is 1. The standard InChI is InChI=1S/C28H34N4O3/c1-6-34-25-10-8-22(18-26(25)35-7-2)28(33)32-14-12-31(13-15-32)27-11-9-24(29-30-27)23-17-20(4)19(3)16-21(23)5/h8-11,16-18H,6-7,12-15H2,1-5H3. The summed E-state index contributed by atoms with van der Waals surface area (Å²) in [5.41, 5.74) is 6.33. The van der Waals surface area contributed by atoms with Gasteiger partial charge in [0, 0.05) is 37.3 Å². The maximum Gasteiger partial charge on any atom is 0.254 e. The molecule has 0 radical (unpaired) electrons. The molecule has 7 nitrogen and oxygen atoms in total. The number of carbonyl (C=O) groups is 1. The highest BCUT2D eigenvalue weighted by Crippen LogP contribution is 2.30. The fraction of sp³-hybridized carbons (Fsp3) is 0.393. The lowest BCUT2D eigenvalue weighted by atomic mass is 9.99. The highest BCUT2D eigenvalue weighted by molar-refractivity contribution is 5.95. The lowest BCUT2D eigenvalue weighted by Crippen LogP contribution is -2.49. The highest BCUT2D eigenvalue weighted by Gasteiger charge is 2.24. The van der Waals surface area contributed by atoms with Crippen molar-refractivity contribution in [2.45, 2.75) is 34.6 Å². The van der Waals surface area contributed by atoms with Gasteiger partial charge in [-0.05, 0) is 87.7 Å². The number of amides is 1. The molecule has 0 bridgehead atoms. The van der Waals surface area contributed by atoms with Gasteiger partial charge in [-0.1, -0.05) is 6.07 Å². The van der Waals surface area contributed by atoms with Gasteiger partial charge in [-0.3, -0.25) is 4.79 Å². The number of ether oxygens (including phenoxy) is 2. The van der Waals surface area contributed by atoms with E-state index in [0.29, 0.717) is 56.5 Å². The Morgan fingerprint density at radius 2 is 1.49 bits per heavy atom. The Labute approximate surface area is 207 Å². The molecular formula is C28H34N4O3. The van der Waals surface area contributed by atoms with Crippen LogP contribution < -0.4 is 14.4 Å². The predicted octanol–water partition coefficient (Wildman–Crippen LogP) is 4.83. The predicted molar refractivity (Wildman–Crippen MR) is 139 cm³/mol. The molecule has 1 amide bonds. The minimum absolute atomic E-state index is 0.000278. The number of carbonyl (C=O) groups excluding carboxylic acids is 1. The quantitative estimate of drug-likeness (QED) is 0.489. The average Bonchev–Trinajstić information content (AvgIpc) is 2.87. The topological polar surface area (TPSA) is 67.8 Å². The Kier molecular flexibility index (Phi) is 7.54. The zero-order valence-corrected chi connectivity index (χ0v) is 21.3. The Hall–Kier alpha value is -3.61. The fourth-order valence-electron chi connectivity index (χ4n) is 4.38. The number of aromatic nitrogens is 2. The van der Waals surface area contributed by atoms with E-state index in [0.717, 1.165) is 17.1 Å². The summed E-state index contributed by atoms with van der Waals surface area (Å²) in [6.45, 7) is 13.9. The van der Waals surface area contributed by atoms with Crippen molar-refractivity contribution in [3.63, 3.8) is 0 Å². The van der Waals surface area contributed by atoms with Crippen LogP contribution in [-0.2, 0) is 0 Å². The normalized spacial score (nSPS) is 13.6. The van der Waals surface area contributed by atoms with E-state index in [9.17, 15) is 4.79 Å². The molecule has 2 heterocycles. The molecule has 0 unspecified atom stereocenters. The zero-order chi connectivity index (χ0) is 24.9. The van der Waals surface area contributed by atoms with E-state index in [4.69, 9.17) is 9.47 Å². The van der Waals surface area contributed by atoms with Gasteiger partial charge in [0.15, 0.2) is 17.3 Å². The summed E-state index contributed by atoms with van der Waals surface area (Å²) < 4.78 is 11.3. The van der Waals surface area contributed by atoms with E-state index in [1.807, 2.05) is 36.9 Å². The van der Waals surface area contributed by atoms with Crippen molar-refractivity contribution in [1.29, 1.82) is 0 Å². The van der Waals surface area contributed by atoms with Crippen molar-refractivity contribution >= 4 is 11.7 Å². The van der Waals surface area contributed by atoms with Crippen LogP contribution in [0, 0.1) is 20.8 Å². The van der Waals surface area contributed by atoms with E-state index in [1.165, 1.54) is 16.7 Å². The molecule has 1 fully saturated rings. The molecular weight excluding hydrogens is 440 g/mol. The SMILES string of the molecule is CCOc1ccc(C(=O)N2CCN(c3ccc(-c4cc(C)c(C)cc4C)nn3)CC2)cc1OCC. The zero-order valence-electron chi connectivity index (χ0n) is 21.3. The molecule has 0 saturated carbocycles. The third kappa shape index (κ3) is 5.39. The maximum absolute atomic E-state index is 13.1. The molecule has 1 aliphatic heterocycles. The molecule has 0 spiro atoms. The van der Waals surface area contributed by atoms with Crippen LogP contribution in [0.5, 0.6) is 11.5 Å². The third-order valence-electron chi connectivity index (χ3n) is 6.45. The van der Waals surface area contributed by atoms with Gasteiger partial charge in [0.05, 0.1) is 18.9 Å². The maximum atomic E-state index is 13.1. The first-order chi connectivity index (χ1) is 16.9. The molecule has 0 aliphatic carbocycles. The van der Waals surface area contributed by atoms with Crippen LogP contribution in [-0.4, -0.2) is 60.4 Å². The average molecular weight is 475 g/mol. The molecule has 0 N–H and O–H groups in total. The lowest BCUT2D eigenvalue weighted by Gasteiger charge is -2.35. The Bertz CT molecular complexity index is 1190. The van der Waals surface area contributed by atoms with Crippen molar-refractivity contribution in [2.75, 3.05) is 44.3 Å². The first-order valence-electron chi connectivity index (χ1n) is 12.3. The Morgan fingerprint density at radius 1 is 0.800 bits per heavy atom. The molecule has 2 aromatic carbocycles. The molecule has 3 aromatic rings. The highest BCUT2D eigenvalue weighted by atomic mass is 16.5. The largest absolute Gasteiger partial charge is 0.490 e. The number of rotatable bonds is 7. The number of hydrogen-bond donors (Lipinski definition) is 0. The van der Waals surface area contributed by atoms with Crippen molar-refractivity contribution in [1.82, 2.24) is 15.1 Å². The molecule has 184 valence electrons. The van der Waals surface area contributed by atoms with Crippen molar-refractivity contribution in [3.8, 4) is 22.8 Å². The summed E-state index contributed by atoms with van der Waals surface area (Å²) in [5.74, 6) is 2.10. The van der Waals surface area contributed by atoms with Crippen LogP contribution in [0.1, 0.15) is 40.9 Å². The second kappa shape index (κ2) is 10.8. The van der Waals surface area contributed by atoms with Gasteiger partial charge in [0.25, 0.3) is 5.91 Å².